The van der Waals surface area contributed by atoms with E-state index in [1.807, 2.05) is 6.92 Å². The van der Waals surface area contributed by atoms with Crippen LogP contribution in [0.4, 0.5) is 5.82 Å². The van der Waals surface area contributed by atoms with E-state index in [9.17, 15) is 8.42 Å². The van der Waals surface area contributed by atoms with Gasteiger partial charge in [0, 0.05) is 11.8 Å². The van der Waals surface area contributed by atoms with Crippen molar-refractivity contribution in [3.8, 4) is 0 Å². The molecule has 1 rings (SSSR count). The maximum atomic E-state index is 11.3. The average molecular weight is 218 g/mol. The Kier molecular flexibility index (Phi) is 2.84. The molecule has 0 radical (unpaired) electrons. The van der Waals surface area contributed by atoms with Crippen LogP contribution in [0.15, 0.2) is 4.52 Å². The number of hydrogen-bond donors (Lipinski definition) is 1. The van der Waals surface area contributed by atoms with Crippen LogP contribution in [0.1, 0.15) is 30.4 Å². The van der Waals surface area contributed by atoms with Gasteiger partial charge in [-0.15, -0.1) is 0 Å². The monoisotopic (exact) mass is 218 g/mol. The Bertz CT molecular complexity index is 422. The van der Waals surface area contributed by atoms with E-state index in [2.05, 4.69) is 5.16 Å². The van der Waals surface area contributed by atoms with Crippen LogP contribution in [0.2, 0.25) is 0 Å². The van der Waals surface area contributed by atoms with Crippen molar-refractivity contribution in [2.45, 2.75) is 25.5 Å². The highest BCUT2D eigenvalue weighted by Crippen LogP contribution is 2.28. The summed E-state index contributed by atoms with van der Waals surface area (Å²) >= 11 is 0. The fraction of sp³-hybridized carbons (Fsp3) is 0.625. The molecule has 1 atom stereocenters. The first-order valence-corrected chi connectivity index (χ1v) is 6.26. The standard InChI is InChI=1S/C8H14N2O3S/c1-4-6-7(13-10-8(6)9)5(2)14(3,11)12/h5H,4H2,1-3H3,(H2,9,10). The smallest absolute Gasteiger partial charge is 0.170 e. The summed E-state index contributed by atoms with van der Waals surface area (Å²) in [5.74, 6) is 0.630. The molecule has 14 heavy (non-hydrogen) atoms. The molecule has 2 N–H and O–H groups in total. The molecule has 1 aromatic rings. The molecule has 0 fully saturated rings. The minimum Gasteiger partial charge on any atom is -0.381 e. The molecule has 0 aliphatic heterocycles. The number of nitrogen functional groups attached to an aromatic ring is 1. The Morgan fingerprint density at radius 2 is 2.14 bits per heavy atom. The first kappa shape index (κ1) is 11.0. The van der Waals surface area contributed by atoms with Gasteiger partial charge in [0.25, 0.3) is 0 Å². The molecule has 5 nitrogen and oxygen atoms in total. The van der Waals surface area contributed by atoms with E-state index in [0.29, 0.717) is 17.7 Å². The van der Waals surface area contributed by atoms with E-state index in [4.69, 9.17) is 10.3 Å². The van der Waals surface area contributed by atoms with Crippen LogP contribution in [0, 0.1) is 0 Å². The lowest BCUT2D eigenvalue weighted by atomic mass is 10.1. The molecule has 0 saturated heterocycles. The first-order valence-electron chi connectivity index (χ1n) is 4.30. The normalized spacial score (nSPS) is 14.2. The van der Waals surface area contributed by atoms with Gasteiger partial charge >= 0.3 is 0 Å². The summed E-state index contributed by atoms with van der Waals surface area (Å²) in [6.45, 7) is 3.44. The molecule has 0 saturated carbocycles. The predicted octanol–water partition coefficient (Wildman–Crippen LogP) is 0.925. The highest BCUT2D eigenvalue weighted by molar-refractivity contribution is 7.90. The Hall–Kier alpha value is -1.04. The fourth-order valence-corrected chi connectivity index (χ4v) is 1.78. The van der Waals surface area contributed by atoms with Crippen LogP contribution in [0.5, 0.6) is 0 Å². The highest BCUT2D eigenvalue weighted by Gasteiger charge is 2.25. The third-order valence-electron chi connectivity index (χ3n) is 2.21. The van der Waals surface area contributed by atoms with Gasteiger partial charge < -0.3 is 10.3 Å². The van der Waals surface area contributed by atoms with Crippen LogP contribution in [-0.2, 0) is 16.3 Å². The Labute approximate surface area is 83.2 Å². The van der Waals surface area contributed by atoms with Crippen LogP contribution < -0.4 is 5.73 Å². The molecule has 1 heterocycles. The summed E-state index contributed by atoms with van der Waals surface area (Å²) in [4.78, 5) is 0. The minimum atomic E-state index is -3.16. The van der Waals surface area contributed by atoms with Crippen molar-refractivity contribution in [3.05, 3.63) is 11.3 Å². The van der Waals surface area contributed by atoms with Gasteiger partial charge in [0.15, 0.2) is 21.4 Å². The second-order valence-corrected chi connectivity index (χ2v) is 5.60. The zero-order chi connectivity index (χ0) is 10.9. The zero-order valence-electron chi connectivity index (χ0n) is 8.44. The highest BCUT2D eigenvalue weighted by atomic mass is 32.2. The van der Waals surface area contributed by atoms with Crippen molar-refractivity contribution in [1.82, 2.24) is 5.16 Å². The second-order valence-electron chi connectivity index (χ2n) is 3.24. The molecular weight excluding hydrogens is 204 g/mol. The summed E-state index contributed by atoms with van der Waals surface area (Å²) in [6, 6.07) is 0. The maximum absolute atomic E-state index is 11.3. The first-order chi connectivity index (χ1) is 6.38. The van der Waals surface area contributed by atoms with E-state index in [1.165, 1.54) is 0 Å². The van der Waals surface area contributed by atoms with E-state index < -0.39 is 15.1 Å². The van der Waals surface area contributed by atoms with Crippen molar-refractivity contribution >= 4 is 15.7 Å². The number of nitrogens with two attached hydrogens (primary N) is 1. The molecule has 1 aromatic heterocycles. The lowest BCUT2D eigenvalue weighted by molar-refractivity contribution is 0.382. The van der Waals surface area contributed by atoms with Gasteiger partial charge in [-0.3, -0.25) is 0 Å². The lowest BCUT2D eigenvalue weighted by Gasteiger charge is -2.06. The van der Waals surface area contributed by atoms with Gasteiger partial charge in [-0.25, -0.2) is 8.42 Å². The number of rotatable bonds is 3. The molecule has 1 unspecified atom stereocenters. The molecule has 0 spiro atoms. The van der Waals surface area contributed by atoms with E-state index in [1.54, 1.807) is 6.92 Å². The summed E-state index contributed by atoms with van der Waals surface area (Å²) in [6.07, 6.45) is 1.78. The topological polar surface area (TPSA) is 86.2 Å². The second kappa shape index (κ2) is 3.61. The number of hydrogen-bond acceptors (Lipinski definition) is 5. The molecule has 80 valence electrons. The van der Waals surface area contributed by atoms with Crippen molar-refractivity contribution in [3.63, 3.8) is 0 Å². The van der Waals surface area contributed by atoms with Crippen molar-refractivity contribution in [1.29, 1.82) is 0 Å². The van der Waals surface area contributed by atoms with Gasteiger partial charge in [-0.05, 0) is 13.3 Å². The van der Waals surface area contributed by atoms with Crippen LogP contribution in [-0.4, -0.2) is 19.8 Å². The Balaban J connectivity index is 3.20. The van der Waals surface area contributed by atoms with E-state index in [-0.39, 0.29) is 5.82 Å². The maximum Gasteiger partial charge on any atom is 0.170 e. The van der Waals surface area contributed by atoms with Gasteiger partial charge in [0.2, 0.25) is 0 Å². The third kappa shape index (κ3) is 1.89. The lowest BCUT2D eigenvalue weighted by Crippen LogP contribution is -2.08. The largest absolute Gasteiger partial charge is 0.381 e. The van der Waals surface area contributed by atoms with Gasteiger partial charge in [-0.2, -0.15) is 0 Å². The quantitative estimate of drug-likeness (QED) is 0.815. The summed E-state index contributed by atoms with van der Waals surface area (Å²) in [5, 5.41) is 2.87. The number of sulfone groups is 1. The molecule has 6 heteroatoms. The number of nitrogens with zero attached hydrogens (tertiary/aromatic N) is 1. The van der Waals surface area contributed by atoms with Crippen LogP contribution >= 0.6 is 0 Å². The van der Waals surface area contributed by atoms with Crippen molar-refractivity contribution in [2.24, 2.45) is 0 Å². The Morgan fingerprint density at radius 1 is 1.57 bits per heavy atom. The van der Waals surface area contributed by atoms with E-state index >= 15 is 0 Å². The molecule has 0 aromatic carbocycles. The number of aromatic nitrogens is 1. The molecule has 0 aliphatic carbocycles. The van der Waals surface area contributed by atoms with Crippen molar-refractivity contribution in [2.75, 3.05) is 12.0 Å². The summed E-state index contributed by atoms with van der Waals surface area (Å²) in [7, 11) is -3.16. The summed E-state index contributed by atoms with van der Waals surface area (Å²) < 4.78 is 27.5. The van der Waals surface area contributed by atoms with Crippen LogP contribution in [0.25, 0.3) is 0 Å². The molecule has 0 aliphatic rings. The van der Waals surface area contributed by atoms with Gasteiger partial charge in [0.1, 0.15) is 5.25 Å². The van der Waals surface area contributed by atoms with E-state index in [0.717, 1.165) is 6.26 Å². The third-order valence-corrected chi connectivity index (χ3v) is 3.71. The minimum absolute atomic E-state index is 0.276. The molecular formula is C8H14N2O3S. The fourth-order valence-electron chi connectivity index (χ4n) is 1.20. The van der Waals surface area contributed by atoms with Crippen LogP contribution in [0.3, 0.4) is 0 Å². The van der Waals surface area contributed by atoms with Crippen molar-refractivity contribution < 1.29 is 12.9 Å². The summed E-state index contributed by atoms with van der Waals surface area (Å²) in [5.41, 5.74) is 6.22. The van der Waals surface area contributed by atoms with Gasteiger partial charge in [0.05, 0.1) is 0 Å². The van der Waals surface area contributed by atoms with Gasteiger partial charge in [-0.1, -0.05) is 12.1 Å². The number of anilines is 1. The molecule has 0 amide bonds. The molecule has 0 bridgehead atoms. The predicted molar refractivity (Wildman–Crippen MR) is 53.6 cm³/mol. The SMILES string of the molecule is CCc1c(N)noc1C(C)S(C)(=O)=O. The average Bonchev–Trinajstić information content (AvgIpc) is 2.43. The zero-order valence-corrected chi connectivity index (χ0v) is 9.26. The Morgan fingerprint density at radius 3 is 2.57 bits per heavy atom.